The Kier molecular flexibility index (Phi) is 5.59. The number of halogens is 1. The van der Waals surface area contributed by atoms with Gasteiger partial charge < -0.3 is 4.90 Å². The molecule has 0 radical (unpaired) electrons. The van der Waals surface area contributed by atoms with Crippen LogP contribution >= 0.6 is 23.4 Å². The molecule has 4 heteroatoms. The van der Waals surface area contributed by atoms with E-state index in [1.165, 1.54) is 18.2 Å². The maximum atomic E-state index is 12.3. The smallest absolute Gasteiger partial charge is 0.233 e. The lowest BCUT2D eigenvalue weighted by Crippen LogP contribution is -2.44. The van der Waals surface area contributed by atoms with Gasteiger partial charge in [0.15, 0.2) is 0 Å². The predicted octanol–water partition coefficient (Wildman–Crippen LogP) is 4.22. The normalized spacial score (nSPS) is 19.5. The molecule has 0 bridgehead atoms. The van der Waals surface area contributed by atoms with Gasteiger partial charge in [-0.15, -0.1) is 11.8 Å². The predicted molar refractivity (Wildman–Crippen MR) is 81.8 cm³/mol. The number of amides is 1. The van der Waals surface area contributed by atoms with Crippen molar-refractivity contribution in [1.82, 2.24) is 4.90 Å². The van der Waals surface area contributed by atoms with Crippen molar-refractivity contribution in [3.05, 3.63) is 29.3 Å². The van der Waals surface area contributed by atoms with Gasteiger partial charge in [-0.1, -0.05) is 30.7 Å². The number of thioether (sulfide) groups is 1. The molecule has 2 nitrogen and oxygen atoms in total. The molecule has 2 rings (SSSR count). The van der Waals surface area contributed by atoms with Gasteiger partial charge in [0.1, 0.15) is 0 Å². The van der Waals surface area contributed by atoms with E-state index < -0.39 is 0 Å². The Morgan fingerprint density at radius 3 is 2.95 bits per heavy atom. The number of likely N-dealkylation sites (tertiary alicyclic amines) is 1. The lowest BCUT2D eigenvalue weighted by molar-refractivity contribution is -0.132. The highest BCUT2D eigenvalue weighted by Gasteiger charge is 2.25. The van der Waals surface area contributed by atoms with Crippen LogP contribution in [0, 0.1) is 0 Å². The van der Waals surface area contributed by atoms with Crippen molar-refractivity contribution in [2.75, 3.05) is 12.3 Å². The second-order valence-electron chi connectivity index (χ2n) is 4.86. The molecule has 1 saturated heterocycles. The quantitative estimate of drug-likeness (QED) is 0.775. The zero-order valence-corrected chi connectivity index (χ0v) is 12.8. The van der Waals surface area contributed by atoms with Crippen molar-refractivity contribution in [3.63, 3.8) is 0 Å². The van der Waals surface area contributed by atoms with Crippen molar-refractivity contribution in [3.8, 4) is 0 Å². The molecule has 0 N–H and O–H groups in total. The Morgan fingerprint density at radius 1 is 1.42 bits per heavy atom. The van der Waals surface area contributed by atoms with E-state index in [1.54, 1.807) is 0 Å². The standard InChI is InChI=1S/C15H20ClNOS/c1-2-12-7-5-6-10-17(12)15(18)11-19-14-9-4-3-8-13(14)16/h3-4,8-9,12H,2,5-7,10-11H2,1H3/t12-/m1/s1. The number of rotatable bonds is 4. The molecule has 0 unspecified atom stereocenters. The maximum Gasteiger partial charge on any atom is 0.233 e. The summed E-state index contributed by atoms with van der Waals surface area (Å²) in [5.74, 6) is 0.733. The maximum absolute atomic E-state index is 12.3. The van der Waals surface area contributed by atoms with Crippen molar-refractivity contribution >= 4 is 29.3 Å². The number of nitrogens with zero attached hydrogens (tertiary/aromatic N) is 1. The minimum absolute atomic E-state index is 0.247. The largest absolute Gasteiger partial charge is 0.339 e. The third-order valence-electron chi connectivity index (χ3n) is 3.61. The summed E-state index contributed by atoms with van der Waals surface area (Å²) >= 11 is 7.64. The first-order chi connectivity index (χ1) is 9.22. The summed E-state index contributed by atoms with van der Waals surface area (Å²) in [5, 5.41) is 0.728. The Labute approximate surface area is 124 Å². The van der Waals surface area contributed by atoms with E-state index in [0.717, 1.165) is 35.7 Å². The molecule has 1 aliphatic rings. The van der Waals surface area contributed by atoms with Crippen LogP contribution in [-0.4, -0.2) is 29.1 Å². The molecule has 104 valence electrons. The Bertz CT molecular complexity index is 438. The van der Waals surface area contributed by atoms with E-state index >= 15 is 0 Å². The Hall–Kier alpha value is -0.670. The fourth-order valence-electron chi connectivity index (χ4n) is 2.54. The summed E-state index contributed by atoms with van der Waals surface area (Å²) in [6.07, 6.45) is 4.60. The average molecular weight is 298 g/mol. The fourth-order valence-corrected chi connectivity index (χ4v) is 3.66. The van der Waals surface area contributed by atoms with Crippen LogP contribution in [-0.2, 0) is 4.79 Å². The van der Waals surface area contributed by atoms with Crippen molar-refractivity contribution < 1.29 is 4.79 Å². The Morgan fingerprint density at radius 2 is 2.21 bits per heavy atom. The van der Waals surface area contributed by atoms with Gasteiger partial charge >= 0.3 is 0 Å². The molecule has 1 amide bonds. The van der Waals surface area contributed by atoms with E-state index in [2.05, 4.69) is 11.8 Å². The first kappa shape index (κ1) is 14.7. The number of hydrogen-bond acceptors (Lipinski definition) is 2. The first-order valence-corrected chi connectivity index (χ1v) is 8.25. The summed E-state index contributed by atoms with van der Waals surface area (Å²) in [6, 6.07) is 8.13. The van der Waals surface area contributed by atoms with Crippen molar-refractivity contribution in [2.24, 2.45) is 0 Å². The number of carbonyl (C=O) groups is 1. The summed E-state index contributed by atoms with van der Waals surface area (Å²) in [6.45, 7) is 3.08. The molecule has 0 saturated carbocycles. The van der Waals surface area contributed by atoms with Gasteiger partial charge in [0, 0.05) is 17.5 Å². The third-order valence-corrected chi connectivity index (χ3v) is 5.11. The van der Waals surface area contributed by atoms with E-state index in [1.807, 2.05) is 24.3 Å². The summed E-state index contributed by atoms with van der Waals surface area (Å²) < 4.78 is 0. The molecule has 1 aromatic rings. The number of hydrogen-bond donors (Lipinski definition) is 0. The highest BCUT2D eigenvalue weighted by atomic mass is 35.5. The molecule has 0 aliphatic carbocycles. The highest BCUT2D eigenvalue weighted by molar-refractivity contribution is 8.00. The minimum Gasteiger partial charge on any atom is -0.339 e. The molecule has 1 atom stereocenters. The van der Waals surface area contributed by atoms with Crippen LogP contribution in [0.1, 0.15) is 32.6 Å². The third kappa shape index (κ3) is 3.90. The molecule has 19 heavy (non-hydrogen) atoms. The molecule has 1 aromatic carbocycles. The van der Waals surface area contributed by atoms with Crippen LogP contribution in [0.3, 0.4) is 0 Å². The van der Waals surface area contributed by atoms with Gasteiger partial charge in [-0.2, -0.15) is 0 Å². The molecule has 1 heterocycles. The topological polar surface area (TPSA) is 20.3 Å². The summed E-state index contributed by atoms with van der Waals surface area (Å²) in [5.41, 5.74) is 0. The van der Waals surface area contributed by atoms with Crippen LogP contribution in [0.25, 0.3) is 0 Å². The Balaban J connectivity index is 1.92. The summed E-state index contributed by atoms with van der Waals surface area (Å²) in [7, 11) is 0. The molecular formula is C15H20ClNOS. The van der Waals surface area contributed by atoms with Crippen LogP contribution in [0.2, 0.25) is 5.02 Å². The van der Waals surface area contributed by atoms with Crippen LogP contribution in [0.5, 0.6) is 0 Å². The highest BCUT2D eigenvalue weighted by Crippen LogP contribution is 2.28. The van der Waals surface area contributed by atoms with E-state index in [0.29, 0.717) is 11.8 Å². The molecular weight excluding hydrogens is 278 g/mol. The van der Waals surface area contributed by atoms with E-state index in [9.17, 15) is 4.79 Å². The number of piperidine rings is 1. The molecule has 1 fully saturated rings. The second-order valence-corrected chi connectivity index (χ2v) is 6.29. The van der Waals surface area contributed by atoms with Crippen LogP contribution in [0.15, 0.2) is 29.2 Å². The first-order valence-electron chi connectivity index (χ1n) is 6.89. The van der Waals surface area contributed by atoms with Gasteiger partial charge in [-0.05, 0) is 37.8 Å². The van der Waals surface area contributed by atoms with Gasteiger partial charge in [0.25, 0.3) is 0 Å². The van der Waals surface area contributed by atoms with Gasteiger partial charge in [-0.25, -0.2) is 0 Å². The lowest BCUT2D eigenvalue weighted by atomic mass is 10.0. The van der Waals surface area contributed by atoms with Crippen molar-refractivity contribution in [2.45, 2.75) is 43.5 Å². The van der Waals surface area contributed by atoms with Crippen LogP contribution < -0.4 is 0 Å². The van der Waals surface area contributed by atoms with Gasteiger partial charge in [-0.3, -0.25) is 4.79 Å². The SMILES string of the molecule is CC[C@@H]1CCCCN1C(=O)CSc1ccccc1Cl. The average Bonchev–Trinajstić information content (AvgIpc) is 2.46. The van der Waals surface area contributed by atoms with E-state index in [-0.39, 0.29) is 5.91 Å². The minimum atomic E-state index is 0.247. The molecule has 1 aliphatic heterocycles. The van der Waals surface area contributed by atoms with Gasteiger partial charge in [0.2, 0.25) is 5.91 Å². The number of benzene rings is 1. The summed E-state index contributed by atoms with van der Waals surface area (Å²) in [4.78, 5) is 15.4. The molecule has 0 aromatic heterocycles. The fraction of sp³-hybridized carbons (Fsp3) is 0.533. The van der Waals surface area contributed by atoms with E-state index in [4.69, 9.17) is 11.6 Å². The zero-order valence-electron chi connectivity index (χ0n) is 11.3. The number of carbonyl (C=O) groups excluding carboxylic acids is 1. The lowest BCUT2D eigenvalue weighted by Gasteiger charge is -2.35. The zero-order chi connectivity index (χ0) is 13.7. The second kappa shape index (κ2) is 7.20. The monoisotopic (exact) mass is 297 g/mol. The van der Waals surface area contributed by atoms with Crippen molar-refractivity contribution in [1.29, 1.82) is 0 Å². The van der Waals surface area contributed by atoms with Crippen LogP contribution in [0.4, 0.5) is 0 Å². The molecule has 0 spiro atoms. The van der Waals surface area contributed by atoms with Gasteiger partial charge in [0.05, 0.1) is 10.8 Å².